The van der Waals surface area contributed by atoms with Crippen LogP contribution in [0.5, 0.6) is 0 Å². The number of guanidine groups is 1. The standard InChI is InChI=1S/C34H47N7O8/c1-3-49-28(44)21-38-33(48)30(45)25(15-10-20-37-34(35)36)40-32(47)29(22(2)42)41-31(46)26(18-16-23-11-6-4-7-12-23)39-27(43)19-17-24-13-8-5-9-14-24/h4-9,11-14,22,25-26,29,42H,3,10,15-21H2,1-2H3,(H,38,48)(H,39,43)(H,40,47)(H,41,46)(H4,35,36,37)/t22-,25+,26+,29+/m1/s1. The van der Waals surface area contributed by atoms with E-state index in [1.165, 1.54) is 6.92 Å². The highest BCUT2D eigenvalue weighted by Crippen LogP contribution is 2.09. The number of amides is 4. The van der Waals surface area contributed by atoms with Crippen molar-refractivity contribution in [3.05, 3.63) is 71.8 Å². The predicted molar refractivity (Wildman–Crippen MR) is 182 cm³/mol. The van der Waals surface area contributed by atoms with Crippen molar-refractivity contribution in [1.29, 1.82) is 0 Å². The van der Waals surface area contributed by atoms with Crippen molar-refractivity contribution in [1.82, 2.24) is 21.3 Å². The van der Waals surface area contributed by atoms with E-state index in [0.29, 0.717) is 12.8 Å². The molecule has 4 atom stereocenters. The summed E-state index contributed by atoms with van der Waals surface area (Å²) in [5.74, 6) is -5.25. The van der Waals surface area contributed by atoms with Crippen LogP contribution in [-0.4, -0.2) is 90.4 Å². The highest BCUT2D eigenvalue weighted by molar-refractivity contribution is 6.38. The topological polar surface area (TPSA) is 244 Å². The highest BCUT2D eigenvalue weighted by atomic mass is 16.5. The summed E-state index contributed by atoms with van der Waals surface area (Å²) in [6, 6.07) is 14.6. The molecular weight excluding hydrogens is 634 g/mol. The number of Topliss-reactive ketones (excluding diaryl/α,β-unsaturated/α-hetero) is 1. The zero-order chi connectivity index (χ0) is 36.2. The number of carbonyl (C=O) groups is 6. The minimum atomic E-state index is -1.57. The third kappa shape index (κ3) is 15.4. The number of esters is 1. The lowest BCUT2D eigenvalue weighted by Crippen LogP contribution is -2.59. The van der Waals surface area contributed by atoms with Gasteiger partial charge in [-0.15, -0.1) is 0 Å². The molecule has 4 amide bonds. The number of aliphatic hydroxyl groups is 1. The summed E-state index contributed by atoms with van der Waals surface area (Å²) in [5, 5.41) is 20.3. The minimum Gasteiger partial charge on any atom is -0.465 e. The lowest BCUT2D eigenvalue weighted by atomic mass is 10.0. The number of ketones is 1. The molecular formula is C34H47N7O8. The van der Waals surface area contributed by atoms with E-state index in [-0.39, 0.29) is 50.7 Å². The van der Waals surface area contributed by atoms with Gasteiger partial charge in [-0.05, 0) is 57.1 Å². The minimum absolute atomic E-state index is 0.0725. The number of ether oxygens (including phenoxy) is 1. The number of nitrogens with one attached hydrogen (secondary N) is 4. The maximum absolute atomic E-state index is 13.6. The van der Waals surface area contributed by atoms with Gasteiger partial charge in [0.1, 0.15) is 18.6 Å². The van der Waals surface area contributed by atoms with E-state index in [0.717, 1.165) is 11.1 Å². The molecule has 2 aromatic rings. The predicted octanol–water partition coefficient (Wildman–Crippen LogP) is -0.611. The van der Waals surface area contributed by atoms with E-state index in [9.17, 15) is 33.9 Å². The van der Waals surface area contributed by atoms with Gasteiger partial charge in [0, 0.05) is 13.0 Å². The number of aryl methyl sites for hydroxylation is 2. The van der Waals surface area contributed by atoms with Crippen LogP contribution in [0.25, 0.3) is 0 Å². The number of benzene rings is 2. The summed E-state index contributed by atoms with van der Waals surface area (Å²) in [4.78, 5) is 81.0. The van der Waals surface area contributed by atoms with Gasteiger partial charge in [0.25, 0.3) is 5.91 Å². The van der Waals surface area contributed by atoms with Gasteiger partial charge in [0.2, 0.25) is 23.5 Å². The third-order valence-corrected chi connectivity index (χ3v) is 7.26. The lowest BCUT2D eigenvalue weighted by molar-refractivity contribution is -0.145. The van der Waals surface area contributed by atoms with Crippen LogP contribution in [0, 0.1) is 0 Å². The van der Waals surface area contributed by atoms with Crippen molar-refractivity contribution in [3.63, 3.8) is 0 Å². The second-order valence-corrected chi connectivity index (χ2v) is 11.2. The molecule has 2 rings (SSSR count). The van der Waals surface area contributed by atoms with Crippen molar-refractivity contribution >= 4 is 41.3 Å². The second-order valence-electron chi connectivity index (χ2n) is 11.2. The molecule has 0 radical (unpaired) electrons. The Balaban J connectivity index is 2.19. The number of hydrogen-bond acceptors (Lipinski definition) is 9. The molecule has 0 fully saturated rings. The molecule has 0 aliphatic carbocycles. The van der Waals surface area contributed by atoms with Crippen LogP contribution >= 0.6 is 0 Å². The number of nitrogens with two attached hydrogens (primary N) is 2. The maximum atomic E-state index is 13.6. The van der Waals surface area contributed by atoms with Crippen LogP contribution in [0.3, 0.4) is 0 Å². The van der Waals surface area contributed by atoms with Crippen molar-refractivity contribution < 1.29 is 38.6 Å². The van der Waals surface area contributed by atoms with Gasteiger partial charge < -0.3 is 42.6 Å². The number of carbonyl (C=O) groups excluding carboxylic acids is 6. The monoisotopic (exact) mass is 681 g/mol. The first-order valence-electron chi connectivity index (χ1n) is 16.1. The van der Waals surface area contributed by atoms with Crippen molar-refractivity contribution in [2.24, 2.45) is 16.5 Å². The first-order valence-corrected chi connectivity index (χ1v) is 16.1. The van der Waals surface area contributed by atoms with Gasteiger partial charge in [-0.2, -0.15) is 0 Å². The number of aliphatic hydroxyl groups excluding tert-OH is 1. The van der Waals surface area contributed by atoms with Crippen LogP contribution in [0.4, 0.5) is 0 Å². The van der Waals surface area contributed by atoms with Crippen LogP contribution in [-0.2, 0) is 46.3 Å². The van der Waals surface area contributed by atoms with Gasteiger partial charge in [0.15, 0.2) is 5.96 Å². The molecule has 0 unspecified atom stereocenters. The van der Waals surface area contributed by atoms with Crippen LogP contribution in [0.15, 0.2) is 65.7 Å². The second kappa shape index (κ2) is 21.5. The summed E-state index contributed by atoms with van der Waals surface area (Å²) in [5.41, 5.74) is 12.6. The van der Waals surface area contributed by atoms with E-state index < -0.39 is 60.2 Å². The molecule has 0 saturated carbocycles. The van der Waals surface area contributed by atoms with E-state index >= 15 is 0 Å². The van der Waals surface area contributed by atoms with Crippen LogP contribution in [0.1, 0.15) is 50.7 Å². The average molecular weight is 682 g/mol. The lowest BCUT2D eigenvalue weighted by Gasteiger charge is -2.26. The molecule has 9 N–H and O–H groups in total. The fourth-order valence-electron chi connectivity index (χ4n) is 4.70. The molecule has 0 aliphatic rings. The Hall–Kier alpha value is -5.31. The Bertz CT molecular complexity index is 1420. The molecule has 0 bridgehead atoms. The zero-order valence-corrected chi connectivity index (χ0v) is 27.9. The smallest absolute Gasteiger partial charge is 0.325 e. The fourth-order valence-corrected chi connectivity index (χ4v) is 4.70. The number of aliphatic imine (C=N–C) groups is 1. The molecule has 49 heavy (non-hydrogen) atoms. The zero-order valence-electron chi connectivity index (χ0n) is 27.9. The van der Waals surface area contributed by atoms with Gasteiger partial charge in [-0.25, -0.2) is 0 Å². The number of nitrogens with zero attached hydrogens (tertiary/aromatic N) is 1. The first kappa shape index (κ1) is 39.9. The largest absolute Gasteiger partial charge is 0.465 e. The van der Waals surface area contributed by atoms with Gasteiger partial charge >= 0.3 is 5.97 Å². The molecule has 266 valence electrons. The van der Waals surface area contributed by atoms with E-state index in [4.69, 9.17) is 16.2 Å². The molecule has 2 aromatic carbocycles. The Morgan fingerprint density at radius 3 is 2.00 bits per heavy atom. The van der Waals surface area contributed by atoms with Crippen LogP contribution in [0.2, 0.25) is 0 Å². The Kier molecular flexibility index (Phi) is 17.5. The Labute approximate surface area is 285 Å². The van der Waals surface area contributed by atoms with Gasteiger partial charge in [0.05, 0.1) is 18.8 Å². The normalized spacial score (nSPS) is 13.0. The molecule has 0 aromatic heterocycles. The summed E-state index contributed by atoms with van der Waals surface area (Å²) in [7, 11) is 0. The number of hydrogen-bond donors (Lipinski definition) is 7. The van der Waals surface area contributed by atoms with Gasteiger partial charge in [-0.1, -0.05) is 60.7 Å². The number of rotatable bonds is 21. The summed E-state index contributed by atoms with van der Waals surface area (Å²) in [6.07, 6.45) is -0.188. The highest BCUT2D eigenvalue weighted by Gasteiger charge is 2.34. The summed E-state index contributed by atoms with van der Waals surface area (Å²) < 4.78 is 4.75. The molecule has 15 nitrogen and oxygen atoms in total. The Morgan fingerprint density at radius 2 is 1.43 bits per heavy atom. The SMILES string of the molecule is CCOC(=O)CNC(=O)C(=O)[C@H](CCCN=C(N)N)NC(=O)[C@@H](NC(=O)[C@H](CCc1ccccc1)NC(=O)CCc1ccccc1)[C@@H](C)O. The van der Waals surface area contributed by atoms with E-state index in [1.807, 2.05) is 60.7 Å². The fraction of sp³-hybridized carbons (Fsp3) is 0.441. The Morgan fingerprint density at radius 1 is 0.816 bits per heavy atom. The first-order chi connectivity index (χ1) is 23.4. The molecule has 0 heterocycles. The summed E-state index contributed by atoms with van der Waals surface area (Å²) in [6.45, 7) is 2.43. The molecule has 0 aliphatic heterocycles. The molecule has 0 saturated heterocycles. The van der Waals surface area contributed by atoms with E-state index in [2.05, 4.69) is 26.3 Å². The van der Waals surface area contributed by atoms with Crippen molar-refractivity contribution in [2.45, 2.75) is 76.6 Å². The third-order valence-electron chi connectivity index (χ3n) is 7.26. The summed E-state index contributed by atoms with van der Waals surface area (Å²) >= 11 is 0. The maximum Gasteiger partial charge on any atom is 0.325 e. The molecule has 0 spiro atoms. The quantitative estimate of drug-likeness (QED) is 0.0290. The average Bonchev–Trinajstić information content (AvgIpc) is 3.08. The van der Waals surface area contributed by atoms with E-state index in [1.54, 1.807) is 6.92 Å². The van der Waals surface area contributed by atoms with Crippen molar-refractivity contribution in [2.75, 3.05) is 19.7 Å². The van der Waals surface area contributed by atoms with Crippen molar-refractivity contribution in [3.8, 4) is 0 Å². The van der Waals surface area contributed by atoms with Crippen LogP contribution < -0.4 is 32.7 Å². The van der Waals surface area contributed by atoms with Gasteiger partial charge in [-0.3, -0.25) is 33.8 Å². The molecule has 15 heteroatoms.